The molecular formula is C53H31N5O. The predicted molar refractivity (Wildman–Crippen MR) is 237 cm³/mol. The zero-order chi connectivity index (χ0) is 39.3. The molecule has 0 spiro atoms. The maximum Gasteiger partial charge on any atom is 0.165 e. The van der Waals surface area contributed by atoms with E-state index in [2.05, 4.69) is 132 Å². The summed E-state index contributed by atoms with van der Waals surface area (Å²) in [4.78, 5) is 20.3. The Morgan fingerprint density at radius 3 is 1.54 bits per heavy atom. The number of hydrogen-bond acceptors (Lipinski definition) is 6. The highest BCUT2D eigenvalue weighted by Gasteiger charge is 2.21. The van der Waals surface area contributed by atoms with Gasteiger partial charge in [0, 0.05) is 45.4 Å². The molecule has 0 atom stereocenters. The molecule has 11 aromatic rings. The van der Waals surface area contributed by atoms with Crippen LogP contribution >= 0.6 is 0 Å². The predicted octanol–water partition coefficient (Wildman–Crippen LogP) is 13.3. The Labute approximate surface area is 339 Å². The molecule has 6 nitrogen and oxygen atoms in total. The Hall–Kier alpha value is -8.27. The summed E-state index contributed by atoms with van der Waals surface area (Å²) in [7, 11) is 0. The second-order valence-electron chi connectivity index (χ2n) is 14.6. The lowest BCUT2D eigenvalue weighted by Crippen LogP contribution is -2.02. The van der Waals surface area contributed by atoms with Crippen molar-refractivity contribution in [2.75, 3.05) is 0 Å². The first-order chi connectivity index (χ1) is 29.2. The van der Waals surface area contributed by atoms with Gasteiger partial charge in [0.05, 0.1) is 11.6 Å². The SMILES string of the molecule is N#Cc1ccc2c(c1)oc1cc(-c3cc(-c4cccnc4)cc(-c4nc(-c5ccccc5)nc(-c5c6ccccc6c(-c6ccccc6)c6ccccc56)n4)c3)ccc12. The Morgan fingerprint density at radius 1 is 0.373 bits per heavy atom. The van der Waals surface area contributed by atoms with Gasteiger partial charge in [-0.1, -0.05) is 121 Å². The smallest absolute Gasteiger partial charge is 0.165 e. The van der Waals surface area contributed by atoms with Crippen molar-refractivity contribution >= 4 is 43.5 Å². The fourth-order valence-electron chi connectivity index (χ4n) is 8.27. The van der Waals surface area contributed by atoms with Gasteiger partial charge < -0.3 is 4.42 Å². The molecule has 0 N–H and O–H groups in total. The van der Waals surface area contributed by atoms with Crippen molar-refractivity contribution in [1.82, 2.24) is 19.9 Å². The molecular weight excluding hydrogens is 723 g/mol. The number of pyridine rings is 1. The van der Waals surface area contributed by atoms with Crippen LogP contribution < -0.4 is 0 Å². The summed E-state index contributed by atoms with van der Waals surface area (Å²) in [5, 5.41) is 15.8. The second-order valence-corrected chi connectivity index (χ2v) is 14.6. The molecule has 0 aliphatic rings. The maximum atomic E-state index is 9.51. The van der Waals surface area contributed by atoms with Gasteiger partial charge in [-0.3, -0.25) is 4.98 Å². The quantitative estimate of drug-likeness (QED) is 0.157. The van der Waals surface area contributed by atoms with E-state index in [1.54, 1.807) is 12.3 Å². The summed E-state index contributed by atoms with van der Waals surface area (Å²) in [6.07, 6.45) is 3.66. The number of benzene rings is 8. The van der Waals surface area contributed by atoms with Gasteiger partial charge in [-0.2, -0.15) is 5.26 Å². The molecule has 0 bridgehead atoms. The van der Waals surface area contributed by atoms with Gasteiger partial charge in [-0.25, -0.2) is 15.0 Å². The summed E-state index contributed by atoms with van der Waals surface area (Å²) in [6, 6.07) is 62.3. The summed E-state index contributed by atoms with van der Waals surface area (Å²) in [6.45, 7) is 0. The van der Waals surface area contributed by atoms with Crippen LogP contribution in [0.4, 0.5) is 0 Å². The molecule has 3 heterocycles. The molecule has 11 rings (SSSR count). The lowest BCUT2D eigenvalue weighted by Gasteiger charge is -2.17. The van der Waals surface area contributed by atoms with E-state index < -0.39 is 0 Å². The van der Waals surface area contributed by atoms with Crippen LogP contribution in [0.3, 0.4) is 0 Å². The van der Waals surface area contributed by atoms with E-state index in [0.29, 0.717) is 28.6 Å². The van der Waals surface area contributed by atoms with Gasteiger partial charge >= 0.3 is 0 Å². The molecule has 6 heteroatoms. The lowest BCUT2D eigenvalue weighted by atomic mass is 9.88. The minimum Gasteiger partial charge on any atom is -0.456 e. The van der Waals surface area contributed by atoms with E-state index in [1.165, 1.54) is 5.56 Å². The average Bonchev–Trinajstić information content (AvgIpc) is 3.68. The number of hydrogen-bond donors (Lipinski definition) is 0. The molecule has 0 unspecified atom stereocenters. The third-order valence-electron chi connectivity index (χ3n) is 11.0. The average molecular weight is 754 g/mol. The Morgan fingerprint density at radius 2 is 0.898 bits per heavy atom. The van der Waals surface area contributed by atoms with E-state index in [9.17, 15) is 5.26 Å². The van der Waals surface area contributed by atoms with Gasteiger partial charge in [-0.05, 0) is 104 Å². The third-order valence-corrected chi connectivity index (χ3v) is 11.0. The first-order valence-corrected chi connectivity index (χ1v) is 19.4. The summed E-state index contributed by atoms with van der Waals surface area (Å²) in [5.74, 6) is 1.73. The molecule has 0 saturated heterocycles. The van der Waals surface area contributed by atoms with Gasteiger partial charge in [-0.15, -0.1) is 0 Å². The van der Waals surface area contributed by atoms with Crippen LogP contribution in [0.5, 0.6) is 0 Å². The Kier molecular flexibility index (Phi) is 8.09. The lowest BCUT2D eigenvalue weighted by molar-refractivity contribution is 0.669. The Balaban J connectivity index is 1.17. The highest BCUT2D eigenvalue weighted by molar-refractivity contribution is 6.20. The van der Waals surface area contributed by atoms with Crippen LogP contribution in [0.2, 0.25) is 0 Å². The fraction of sp³-hybridized carbons (Fsp3) is 0. The number of nitriles is 1. The first-order valence-electron chi connectivity index (χ1n) is 19.4. The van der Waals surface area contributed by atoms with Crippen molar-refractivity contribution in [3.63, 3.8) is 0 Å². The van der Waals surface area contributed by atoms with Crippen LogP contribution in [0.15, 0.2) is 193 Å². The molecule has 0 saturated carbocycles. The fourth-order valence-corrected chi connectivity index (χ4v) is 8.27. The molecule has 274 valence electrons. The molecule has 0 amide bonds. The van der Waals surface area contributed by atoms with Crippen LogP contribution in [-0.4, -0.2) is 19.9 Å². The number of fused-ring (bicyclic) bond motifs is 5. The topological polar surface area (TPSA) is 88.5 Å². The van der Waals surface area contributed by atoms with Crippen molar-refractivity contribution in [2.24, 2.45) is 0 Å². The first kappa shape index (κ1) is 34.0. The largest absolute Gasteiger partial charge is 0.456 e. The van der Waals surface area contributed by atoms with Crippen LogP contribution in [0.25, 0.3) is 111 Å². The van der Waals surface area contributed by atoms with Crippen molar-refractivity contribution < 1.29 is 4.42 Å². The number of rotatable bonds is 6. The summed E-state index contributed by atoms with van der Waals surface area (Å²) < 4.78 is 6.33. The minimum absolute atomic E-state index is 0.551. The van der Waals surface area contributed by atoms with Crippen LogP contribution in [0.1, 0.15) is 5.56 Å². The minimum atomic E-state index is 0.551. The van der Waals surface area contributed by atoms with E-state index in [-0.39, 0.29) is 0 Å². The van der Waals surface area contributed by atoms with E-state index in [1.807, 2.05) is 54.7 Å². The number of aromatic nitrogens is 4. The summed E-state index contributed by atoms with van der Waals surface area (Å²) >= 11 is 0. The zero-order valence-electron chi connectivity index (χ0n) is 31.5. The molecule has 0 radical (unpaired) electrons. The number of nitrogens with zero attached hydrogens (tertiary/aromatic N) is 5. The standard InChI is InChI=1S/C53H31N5O/c54-31-33-21-23-41-42-24-22-36(30-48(42)59-47(41)26-33)38-27-39(37-16-11-25-55-32-37)29-40(28-38)52-56-51(35-14-5-2-6-15-35)57-53(58-52)50-45-19-9-7-17-43(45)49(34-12-3-1-4-13-34)44-18-8-10-20-46(44)50/h1-30,32H. The highest BCUT2D eigenvalue weighted by atomic mass is 16.3. The summed E-state index contributed by atoms with van der Waals surface area (Å²) in [5.41, 5.74) is 10.9. The molecule has 0 aliphatic carbocycles. The van der Waals surface area contributed by atoms with Crippen molar-refractivity contribution in [3.05, 3.63) is 194 Å². The molecule has 8 aromatic carbocycles. The normalized spacial score (nSPS) is 11.4. The third kappa shape index (κ3) is 5.97. The van der Waals surface area contributed by atoms with Crippen LogP contribution in [-0.2, 0) is 0 Å². The van der Waals surface area contributed by atoms with Gasteiger partial charge in [0.1, 0.15) is 11.2 Å². The number of furan rings is 1. The van der Waals surface area contributed by atoms with Gasteiger partial charge in [0.25, 0.3) is 0 Å². The van der Waals surface area contributed by atoms with Crippen molar-refractivity contribution in [2.45, 2.75) is 0 Å². The van der Waals surface area contributed by atoms with Crippen molar-refractivity contribution in [3.8, 4) is 73.6 Å². The van der Waals surface area contributed by atoms with E-state index in [0.717, 1.165) is 82.4 Å². The molecule has 3 aromatic heterocycles. The molecule has 0 aliphatic heterocycles. The highest BCUT2D eigenvalue weighted by Crippen LogP contribution is 2.44. The zero-order valence-corrected chi connectivity index (χ0v) is 31.5. The second kappa shape index (κ2) is 14.0. The van der Waals surface area contributed by atoms with E-state index >= 15 is 0 Å². The van der Waals surface area contributed by atoms with Crippen molar-refractivity contribution in [1.29, 1.82) is 5.26 Å². The molecule has 59 heavy (non-hydrogen) atoms. The maximum absolute atomic E-state index is 9.51. The van der Waals surface area contributed by atoms with Gasteiger partial charge in [0.2, 0.25) is 0 Å². The Bertz CT molecular complexity index is 3390. The monoisotopic (exact) mass is 753 g/mol. The molecule has 0 fully saturated rings. The van der Waals surface area contributed by atoms with Crippen LogP contribution in [0, 0.1) is 11.3 Å². The van der Waals surface area contributed by atoms with Gasteiger partial charge in [0.15, 0.2) is 17.5 Å². The van der Waals surface area contributed by atoms with E-state index in [4.69, 9.17) is 19.4 Å².